The average Bonchev–Trinajstić information content (AvgIpc) is 3.87. The van der Waals surface area contributed by atoms with Gasteiger partial charge in [0.15, 0.2) is 0 Å². The van der Waals surface area contributed by atoms with Crippen LogP contribution in [0.3, 0.4) is 0 Å². The summed E-state index contributed by atoms with van der Waals surface area (Å²) in [6.45, 7) is 6.70. The monoisotopic (exact) mass is 800 g/mol. The Balaban J connectivity index is 0.000000170. The topological polar surface area (TPSA) is 0 Å². The van der Waals surface area contributed by atoms with E-state index in [1.54, 1.807) is 11.1 Å². The molecule has 52 heavy (non-hydrogen) atoms. The number of aryl methyl sites for hydroxylation is 1. The zero-order valence-electron chi connectivity index (χ0n) is 31.1. The molecule has 11 rings (SSSR count). The maximum atomic E-state index is 2.47. The predicted octanol–water partition coefficient (Wildman–Crippen LogP) is 8.01. The molecule has 3 heteroatoms. The maximum absolute atomic E-state index is 2.47. The van der Waals surface area contributed by atoms with Crippen LogP contribution in [0.1, 0.15) is 112 Å². The second kappa shape index (κ2) is 16.1. The van der Waals surface area contributed by atoms with Crippen LogP contribution in [0.2, 0.25) is 0 Å². The van der Waals surface area contributed by atoms with Gasteiger partial charge in [-0.1, -0.05) is 105 Å². The number of benzene rings is 4. The molecule has 6 aromatic rings. The SMILES string of the molecule is CC(C)c1ccc(-c2cccc3[cH-]c(C4CCCC4)cc23)cc1.Cc1cc2c(-c3ccc(C45CC6CC(CC(C6)C4)C5)cc3)cccc2[cH-]1.[Cl-].[Cl-].[Zr+4]. The van der Waals surface area contributed by atoms with Crippen LogP contribution < -0.4 is 24.8 Å². The molecule has 0 aromatic heterocycles. The molecule has 6 aromatic carbocycles. The van der Waals surface area contributed by atoms with E-state index in [1.165, 1.54) is 119 Å². The van der Waals surface area contributed by atoms with Crippen molar-refractivity contribution in [1.29, 1.82) is 0 Å². The van der Waals surface area contributed by atoms with E-state index < -0.39 is 0 Å². The molecule has 5 aliphatic rings. The summed E-state index contributed by atoms with van der Waals surface area (Å²) >= 11 is 0. The van der Waals surface area contributed by atoms with E-state index in [1.807, 2.05) is 0 Å². The van der Waals surface area contributed by atoms with E-state index in [4.69, 9.17) is 0 Å². The summed E-state index contributed by atoms with van der Waals surface area (Å²) in [5.41, 5.74) is 11.9. The van der Waals surface area contributed by atoms with Crippen molar-refractivity contribution in [3.8, 4) is 22.3 Å². The van der Waals surface area contributed by atoms with Crippen molar-refractivity contribution >= 4 is 21.5 Å². The molecule has 4 bridgehead atoms. The summed E-state index contributed by atoms with van der Waals surface area (Å²) in [6, 6.07) is 41.8. The molecular weight excluding hydrogens is 751 g/mol. The van der Waals surface area contributed by atoms with Gasteiger partial charge in [-0.25, -0.2) is 0 Å². The third kappa shape index (κ3) is 7.46. The van der Waals surface area contributed by atoms with Crippen molar-refractivity contribution < 1.29 is 51.0 Å². The van der Waals surface area contributed by atoms with Gasteiger partial charge in [-0.2, -0.15) is 12.1 Å². The van der Waals surface area contributed by atoms with E-state index in [9.17, 15) is 0 Å². The first kappa shape index (κ1) is 39.3. The van der Waals surface area contributed by atoms with Gasteiger partial charge in [-0.15, -0.1) is 69.1 Å². The van der Waals surface area contributed by atoms with Crippen LogP contribution in [0.5, 0.6) is 0 Å². The molecule has 0 unspecified atom stereocenters. The van der Waals surface area contributed by atoms with Gasteiger partial charge in [0, 0.05) is 0 Å². The minimum atomic E-state index is 0. The number of fused-ring (bicyclic) bond motifs is 2. The molecule has 5 saturated carbocycles. The molecule has 0 atom stereocenters. The standard InChI is InChI=1S/C26H27.C23H25.2ClH.Zr/c1-17-9-22-3-2-4-24(25(22)10-17)21-5-7-23(8-6-21)26-14-18-11-19(15-26)13-20(12-18)16-26;1-16(2)17-10-12-19(13-11-17)22-9-5-8-20-14-21(15-23(20)22)18-6-3-4-7-18;;;/h2-10,18-20H,11-16H2,1H3;5,8-16,18H,3-4,6-7H2,1-2H3;2*1H;/q2*-1;;;+4/p-2. The second-order valence-electron chi connectivity index (χ2n) is 17.0. The first-order valence-electron chi connectivity index (χ1n) is 19.5. The predicted molar refractivity (Wildman–Crippen MR) is 210 cm³/mol. The van der Waals surface area contributed by atoms with Gasteiger partial charge < -0.3 is 24.8 Å². The van der Waals surface area contributed by atoms with Crippen molar-refractivity contribution in [2.75, 3.05) is 0 Å². The zero-order chi connectivity index (χ0) is 33.1. The summed E-state index contributed by atoms with van der Waals surface area (Å²) in [5.74, 6) is 4.43. The summed E-state index contributed by atoms with van der Waals surface area (Å²) in [5, 5.41) is 5.58. The van der Waals surface area contributed by atoms with E-state index in [-0.39, 0.29) is 51.0 Å². The molecule has 0 heterocycles. The number of rotatable bonds is 5. The molecule has 0 N–H and O–H groups in total. The number of hydrogen-bond acceptors (Lipinski definition) is 0. The van der Waals surface area contributed by atoms with E-state index in [0.29, 0.717) is 11.3 Å². The van der Waals surface area contributed by atoms with Crippen LogP contribution in [0.15, 0.2) is 109 Å². The third-order valence-electron chi connectivity index (χ3n) is 13.2. The minimum Gasteiger partial charge on any atom is -1.00 e. The molecule has 0 aliphatic heterocycles. The van der Waals surface area contributed by atoms with Crippen molar-refractivity contribution in [2.45, 2.75) is 102 Å². The third-order valence-corrected chi connectivity index (χ3v) is 13.2. The summed E-state index contributed by atoms with van der Waals surface area (Å²) in [6.07, 6.45) is 14.5. The Morgan fingerprint density at radius 3 is 1.65 bits per heavy atom. The maximum Gasteiger partial charge on any atom is 4.00 e. The van der Waals surface area contributed by atoms with Gasteiger partial charge >= 0.3 is 26.2 Å². The second-order valence-corrected chi connectivity index (χ2v) is 17.0. The Morgan fingerprint density at radius 2 is 1.12 bits per heavy atom. The van der Waals surface area contributed by atoms with Gasteiger partial charge in [-0.05, 0) is 109 Å². The van der Waals surface area contributed by atoms with Crippen LogP contribution in [-0.4, -0.2) is 0 Å². The van der Waals surface area contributed by atoms with Gasteiger partial charge in [0.1, 0.15) is 0 Å². The van der Waals surface area contributed by atoms with Crippen molar-refractivity contribution in [3.05, 3.63) is 131 Å². The van der Waals surface area contributed by atoms with Gasteiger partial charge in [0.05, 0.1) is 0 Å². The Kier molecular flexibility index (Phi) is 12.2. The molecular formula is C49H52Cl2Zr. The fourth-order valence-corrected chi connectivity index (χ4v) is 11.2. The summed E-state index contributed by atoms with van der Waals surface area (Å²) in [4.78, 5) is 0. The molecule has 0 spiro atoms. The van der Waals surface area contributed by atoms with Gasteiger partial charge in [-0.3, -0.25) is 0 Å². The van der Waals surface area contributed by atoms with Crippen LogP contribution >= 0.6 is 0 Å². The largest absolute Gasteiger partial charge is 4.00 e. The van der Waals surface area contributed by atoms with Crippen LogP contribution in [-0.2, 0) is 31.6 Å². The van der Waals surface area contributed by atoms with Gasteiger partial charge in [0.2, 0.25) is 0 Å². The Morgan fingerprint density at radius 1 is 0.615 bits per heavy atom. The first-order valence-corrected chi connectivity index (χ1v) is 19.5. The molecule has 266 valence electrons. The molecule has 5 aliphatic carbocycles. The van der Waals surface area contributed by atoms with Crippen molar-refractivity contribution in [1.82, 2.24) is 0 Å². The quantitative estimate of drug-likeness (QED) is 0.155. The van der Waals surface area contributed by atoms with Gasteiger partial charge in [0.25, 0.3) is 0 Å². The van der Waals surface area contributed by atoms with E-state index >= 15 is 0 Å². The fourth-order valence-electron chi connectivity index (χ4n) is 11.2. The fraction of sp³-hybridized carbons (Fsp3) is 0.388. The summed E-state index contributed by atoms with van der Waals surface area (Å²) in [7, 11) is 0. The van der Waals surface area contributed by atoms with Crippen LogP contribution in [0, 0.1) is 24.7 Å². The van der Waals surface area contributed by atoms with Crippen molar-refractivity contribution in [3.63, 3.8) is 0 Å². The molecule has 0 radical (unpaired) electrons. The van der Waals surface area contributed by atoms with Crippen LogP contribution in [0.4, 0.5) is 0 Å². The Bertz CT molecular complexity index is 2050. The smallest absolute Gasteiger partial charge is 1.00 e. The number of hydrogen-bond donors (Lipinski definition) is 0. The molecule has 0 amide bonds. The van der Waals surface area contributed by atoms with E-state index in [2.05, 4.69) is 130 Å². The zero-order valence-corrected chi connectivity index (χ0v) is 35.1. The summed E-state index contributed by atoms with van der Waals surface area (Å²) < 4.78 is 0. The molecule has 5 fully saturated rings. The Hall–Kier alpha value is -2.44. The average molecular weight is 803 g/mol. The number of halogens is 2. The molecule has 0 saturated heterocycles. The van der Waals surface area contributed by atoms with E-state index in [0.717, 1.165) is 23.7 Å². The first-order chi connectivity index (χ1) is 23.9. The minimum absolute atomic E-state index is 0. The van der Waals surface area contributed by atoms with Crippen LogP contribution in [0.25, 0.3) is 43.8 Å². The van der Waals surface area contributed by atoms with Crippen molar-refractivity contribution in [2.24, 2.45) is 17.8 Å². The normalized spacial score (nSPS) is 23.2. The molecule has 0 nitrogen and oxygen atoms in total. The Labute approximate surface area is 343 Å².